The van der Waals surface area contributed by atoms with Gasteiger partial charge in [0, 0.05) is 18.7 Å². The van der Waals surface area contributed by atoms with Crippen LogP contribution in [0.1, 0.15) is 130 Å². The minimum atomic E-state index is -4.24. The number of nitrogens with zero attached hydrogens (tertiary/aromatic N) is 1. The number of rotatable bonds is 11. The van der Waals surface area contributed by atoms with Crippen molar-refractivity contribution in [3.8, 4) is 0 Å². The highest BCUT2D eigenvalue weighted by Gasteiger charge is 2.54. The predicted octanol–water partition coefficient (Wildman–Crippen LogP) is 8.41. The van der Waals surface area contributed by atoms with Gasteiger partial charge < -0.3 is 13.6 Å². The number of aromatic amines is 1. The third-order valence-electron chi connectivity index (χ3n) is 10.7. The Morgan fingerprint density at radius 1 is 0.854 bits per heavy atom. The number of sulfone groups is 1. The zero-order chi connectivity index (χ0) is 36.9. The zero-order valence-corrected chi connectivity index (χ0v) is 35.1. The van der Waals surface area contributed by atoms with Gasteiger partial charge in [0.25, 0.3) is 5.56 Å². The van der Waals surface area contributed by atoms with Crippen LogP contribution in [0.4, 0.5) is 0 Å². The molecule has 272 valence electrons. The molecule has 1 aliphatic heterocycles. The lowest BCUT2D eigenvalue weighted by Crippen LogP contribution is -2.54. The SMILES string of the molecule is CC(C)c1cc(C(C)C)c(S(=O)(=O)C(O[Si](C)(C)C(C)(C)C)[C@H]2O[C@@H](n3ccc(=O)[nH]c3=O)C[C@@H]2O[Si](C)(C)C(C)(C)C)c(C(C)C)c1. The van der Waals surface area contributed by atoms with Crippen LogP contribution < -0.4 is 11.2 Å². The lowest BCUT2D eigenvalue weighted by atomic mass is 9.89. The minimum Gasteiger partial charge on any atom is -0.411 e. The van der Waals surface area contributed by atoms with E-state index in [0.29, 0.717) is 4.90 Å². The van der Waals surface area contributed by atoms with Crippen LogP contribution in [-0.4, -0.2) is 52.2 Å². The number of hydrogen-bond acceptors (Lipinski definition) is 7. The van der Waals surface area contributed by atoms with Crippen molar-refractivity contribution in [1.29, 1.82) is 0 Å². The van der Waals surface area contributed by atoms with Crippen molar-refractivity contribution < 1.29 is 22.0 Å². The van der Waals surface area contributed by atoms with E-state index >= 15 is 8.42 Å². The second kappa shape index (κ2) is 14.1. The highest BCUT2D eigenvalue weighted by atomic mass is 32.2. The average Bonchev–Trinajstić information content (AvgIpc) is 3.31. The van der Waals surface area contributed by atoms with E-state index in [1.165, 1.54) is 16.8 Å². The van der Waals surface area contributed by atoms with E-state index in [2.05, 4.69) is 73.5 Å². The Kier molecular flexibility index (Phi) is 11.9. The molecule has 0 amide bonds. The molecule has 1 unspecified atom stereocenters. The molecular formula is C36H62N2O7SSi2. The molecule has 2 heterocycles. The fourth-order valence-electron chi connectivity index (χ4n) is 5.51. The van der Waals surface area contributed by atoms with E-state index in [0.717, 1.165) is 16.7 Å². The van der Waals surface area contributed by atoms with Crippen LogP contribution in [0.25, 0.3) is 0 Å². The van der Waals surface area contributed by atoms with Crippen molar-refractivity contribution in [3.63, 3.8) is 0 Å². The quantitative estimate of drug-likeness (QED) is 0.232. The second-order valence-electron chi connectivity index (χ2n) is 17.5. The predicted molar refractivity (Wildman–Crippen MR) is 200 cm³/mol. The number of aromatic nitrogens is 2. The molecule has 2 aromatic rings. The van der Waals surface area contributed by atoms with E-state index in [1.807, 2.05) is 52.9 Å². The summed E-state index contributed by atoms with van der Waals surface area (Å²) < 4.78 is 53.2. The van der Waals surface area contributed by atoms with Gasteiger partial charge in [0.15, 0.2) is 22.1 Å². The van der Waals surface area contributed by atoms with Gasteiger partial charge in [0.05, 0.1) is 11.0 Å². The molecule has 1 aromatic carbocycles. The van der Waals surface area contributed by atoms with Gasteiger partial charge in [-0.3, -0.25) is 14.3 Å². The molecule has 12 heteroatoms. The van der Waals surface area contributed by atoms with Crippen molar-refractivity contribution >= 4 is 26.5 Å². The summed E-state index contributed by atoms with van der Waals surface area (Å²) in [6, 6.07) is 5.35. The van der Waals surface area contributed by atoms with E-state index < -0.39 is 61.6 Å². The third-order valence-corrected chi connectivity index (χ3v) is 21.8. The molecule has 1 fully saturated rings. The molecule has 0 saturated carbocycles. The second-order valence-corrected chi connectivity index (χ2v) is 29.0. The normalized spacial score (nSPS) is 20.7. The van der Waals surface area contributed by atoms with Gasteiger partial charge in [-0.25, -0.2) is 13.2 Å². The molecule has 1 aliphatic rings. The van der Waals surface area contributed by atoms with Crippen LogP contribution in [0.3, 0.4) is 0 Å². The molecule has 48 heavy (non-hydrogen) atoms. The van der Waals surface area contributed by atoms with Crippen LogP contribution in [-0.2, 0) is 23.4 Å². The lowest BCUT2D eigenvalue weighted by molar-refractivity contribution is -0.0534. The molecule has 3 rings (SSSR count). The van der Waals surface area contributed by atoms with Gasteiger partial charge in [-0.2, -0.15) is 0 Å². The van der Waals surface area contributed by atoms with Gasteiger partial charge in [-0.05, 0) is 70.7 Å². The van der Waals surface area contributed by atoms with Crippen LogP contribution in [0.15, 0.2) is 38.9 Å². The molecular weight excluding hydrogens is 661 g/mol. The van der Waals surface area contributed by atoms with Gasteiger partial charge >= 0.3 is 5.69 Å². The summed E-state index contributed by atoms with van der Waals surface area (Å²) in [5.74, 6) is 0.0689. The number of nitrogens with one attached hydrogen (secondary N) is 1. The highest BCUT2D eigenvalue weighted by Crippen LogP contribution is 2.47. The molecule has 0 bridgehead atoms. The van der Waals surface area contributed by atoms with Crippen molar-refractivity contribution in [2.45, 2.75) is 172 Å². The summed E-state index contributed by atoms with van der Waals surface area (Å²) in [7, 11) is -9.49. The number of hydrogen-bond donors (Lipinski definition) is 1. The van der Waals surface area contributed by atoms with Crippen molar-refractivity contribution in [2.24, 2.45) is 0 Å². The van der Waals surface area contributed by atoms with Crippen molar-refractivity contribution in [2.75, 3.05) is 0 Å². The zero-order valence-electron chi connectivity index (χ0n) is 32.3. The van der Waals surface area contributed by atoms with Crippen LogP contribution in [0, 0.1) is 0 Å². The highest BCUT2D eigenvalue weighted by molar-refractivity contribution is 7.92. The van der Waals surface area contributed by atoms with Crippen molar-refractivity contribution in [1.82, 2.24) is 9.55 Å². The number of ether oxygens (including phenoxy) is 1. The largest absolute Gasteiger partial charge is 0.411 e. The first-order valence-corrected chi connectivity index (χ1v) is 24.7. The van der Waals surface area contributed by atoms with E-state index in [-0.39, 0.29) is 34.3 Å². The van der Waals surface area contributed by atoms with Gasteiger partial charge in [-0.1, -0.05) is 95.2 Å². The summed E-state index contributed by atoms with van der Waals surface area (Å²) in [6.07, 6.45) is -0.997. The standard InChI is InChI=1S/C36H62N2O7SSi2/c1-22(2)25-19-26(23(3)4)32(27(20-25)24(5)6)46(41,42)33(45-48(15,16)36(10,11)12)31-28(44-47(13,14)35(7,8)9)21-30(43-31)38-18-17-29(39)37-34(38)40/h17-20,22-24,28,30-31,33H,21H2,1-16H3,(H,37,39,40)/t28-,30+,31-,33?/m0/s1. The van der Waals surface area contributed by atoms with Crippen LogP contribution in [0.2, 0.25) is 36.3 Å². The van der Waals surface area contributed by atoms with E-state index in [4.69, 9.17) is 13.6 Å². The summed E-state index contributed by atoms with van der Waals surface area (Å²) >= 11 is 0. The number of benzene rings is 1. The number of H-pyrrole nitrogens is 1. The van der Waals surface area contributed by atoms with Crippen LogP contribution >= 0.6 is 0 Å². The minimum absolute atomic E-state index is 0.0734. The van der Waals surface area contributed by atoms with E-state index in [9.17, 15) is 9.59 Å². The maximum Gasteiger partial charge on any atom is 0.330 e. The Balaban J connectivity index is 2.40. The first-order valence-electron chi connectivity index (χ1n) is 17.4. The Bertz CT molecular complexity index is 1650. The summed E-state index contributed by atoms with van der Waals surface area (Å²) in [4.78, 5) is 27.6. The summed E-state index contributed by atoms with van der Waals surface area (Å²) in [6.45, 7) is 33.4. The third kappa shape index (κ3) is 8.37. The van der Waals surface area contributed by atoms with E-state index in [1.54, 1.807) is 0 Å². The van der Waals surface area contributed by atoms with Crippen molar-refractivity contribution in [3.05, 3.63) is 61.9 Å². The summed E-state index contributed by atoms with van der Waals surface area (Å²) in [5, 5.41) is -0.491. The Morgan fingerprint density at radius 3 is 1.77 bits per heavy atom. The molecule has 1 aromatic heterocycles. The monoisotopic (exact) mass is 722 g/mol. The smallest absolute Gasteiger partial charge is 0.330 e. The molecule has 4 atom stereocenters. The Labute approximate surface area is 291 Å². The fraction of sp³-hybridized carbons (Fsp3) is 0.722. The molecule has 0 spiro atoms. The maximum atomic E-state index is 15.6. The Morgan fingerprint density at radius 2 is 1.35 bits per heavy atom. The van der Waals surface area contributed by atoms with Gasteiger partial charge in [0.2, 0.25) is 9.84 Å². The topological polar surface area (TPSA) is 117 Å². The molecule has 9 nitrogen and oxygen atoms in total. The lowest BCUT2D eigenvalue weighted by Gasteiger charge is -2.43. The maximum absolute atomic E-state index is 15.6. The molecule has 0 aliphatic carbocycles. The molecule has 1 N–H and O–H groups in total. The fourth-order valence-corrected chi connectivity index (χ4v) is 11.2. The first-order chi connectivity index (χ1) is 21.6. The average molecular weight is 723 g/mol. The Hall–Kier alpha value is -1.84. The summed E-state index contributed by atoms with van der Waals surface area (Å²) in [5.41, 5.74) is 0.0729. The van der Waals surface area contributed by atoms with Gasteiger partial charge in [-0.15, -0.1) is 0 Å². The molecule has 0 radical (unpaired) electrons. The van der Waals surface area contributed by atoms with Crippen LogP contribution in [0.5, 0.6) is 0 Å². The first kappa shape index (κ1) is 40.6. The molecule has 1 saturated heterocycles. The van der Waals surface area contributed by atoms with Gasteiger partial charge in [0.1, 0.15) is 12.3 Å².